The van der Waals surface area contributed by atoms with Crippen molar-refractivity contribution < 1.29 is 0 Å². The van der Waals surface area contributed by atoms with Gasteiger partial charge in [-0.15, -0.1) is 0 Å². The van der Waals surface area contributed by atoms with Gasteiger partial charge in [-0.2, -0.15) is 0 Å². The Morgan fingerprint density at radius 2 is 1.79 bits per heavy atom. The van der Waals surface area contributed by atoms with E-state index in [9.17, 15) is 0 Å². The highest BCUT2D eigenvalue weighted by molar-refractivity contribution is 6.31. The highest BCUT2D eigenvalue weighted by atomic mass is 35.5. The van der Waals surface area contributed by atoms with Crippen molar-refractivity contribution in [2.24, 2.45) is 0 Å². The lowest BCUT2D eigenvalue weighted by Gasteiger charge is -2.25. The smallest absolute Gasteiger partial charge is 0.0629 e. The van der Waals surface area contributed by atoms with E-state index in [2.05, 4.69) is 39.6 Å². The summed E-state index contributed by atoms with van der Waals surface area (Å²) in [5, 5.41) is 0.781. The van der Waals surface area contributed by atoms with Crippen LogP contribution in [0.2, 0.25) is 5.02 Å². The SMILES string of the molecule is CC(C)c1cncc(Cl)c1C(C)(C)C. The molecule has 78 valence electrons. The first-order valence-electron chi connectivity index (χ1n) is 4.98. The van der Waals surface area contributed by atoms with Crippen LogP contribution in [0.5, 0.6) is 0 Å². The van der Waals surface area contributed by atoms with Gasteiger partial charge in [0.25, 0.3) is 0 Å². The summed E-state index contributed by atoms with van der Waals surface area (Å²) in [6, 6.07) is 0. The van der Waals surface area contributed by atoms with Crippen molar-refractivity contribution >= 4 is 11.6 Å². The molecule has 0 N–H and O–H groups in total. The number of pyridine rings is 1. The van der Waals surface area contributed by atoms with Crippen LogP contribution in [0.15, 0.2) is 12.4 Å². The van der Waals surface area contributed by atoms with Crippen molar-refractivity contribution in [1.29, 1.82) is 0 Å². The van der Waals surface area contributed by atoms with Gasteiger partial charge in [-0.3, -0.25) is 4.98 Å². The summed E-state index contributed by atoms with van der Waals surface area (Å²) >= 11 is 6.20. The van der Waals surface area contributed by atoms with Gasteiger partial charge in [0, 0.05) is 12.4 Å². The molecule has 0 amide bonds. The molecule has 0 spiro atoms. The van der Waals surface area contributed by atoms with E-state index in [1.807, 2.05) is 6.20 Å². The summed E-state index contributed by atoms with van der Waals surface area (Å²) < 4.78 is 0. The third-order valence-electron chi connectivity index (χ3n) is 2.30. The molecule has 2 heteroatoms. The predicted molar refractivity (Wildman–Crippen MR) is 62.0 cm³/mol. The lowest BCUT2D eigenvalue weighted by atomic mass is 9.82. The van der Waals surface area contributed by atoms with E-state index >= 15 is 0 Å². The number of aromatic nitrogens is 1. The molecule has 0 aliphatic heterocycles. The van der Waals surface area contributed by atoms with E-state index in [0.717, 1.165) is 5.02 Å². The molecule has 0 aliphatic carbocycles. The summed E-state index contributed by atoms with van der Waals surface area (Å²) in [5.41, 5.74) is 2.56. The van der Waals surface area contributed by atoms with Gasteiger partial charge in [0.1, 0.15) is 0 Å². The topological polar surface area (TPSA) is 12.9 Å². The molecule has 0 bridgehead atoms. The molecular formula is C12H18ClN. The number of hydrogen-bond donors (Lipinski definition) is 0. The first-order chi connectivity index (χ1) is 6.34. The first-order valence-corrected chi connectivity index (χ1v) is 5.35. The molecule has 0 atom stereocenters. The van der Waals surface area contributed by atoms with Crippen LogP contribution >= 0.6 is 11.6 Å². The van der Waals surface area contributed by atoms with Gasteiger partial charge >= 0.3 is 0 Å². The minimum absolute atomic E-state index is 0.0830. The second-order valence-corrected chi connectivity index (χ2v) is 5.40. The highest BCUT2D eigenvalue weighted by Gasteiger charge is 2.22. The Morgan fingerprint density at radius 3 is 2.14 bits per heavy atom. The largest absolute Gasteiger partial charge is 0.263 e. The summed E-state index contributed by atoms with van der Waals surface area (Å²) in [4.78, 5) is 4.15. The van der Waals surface area contributed by atoms with E-state index in [1.54, 1.807) is 6.20 Å². The van der Waals surface area contributed by atoms with Crippen molar-refractivity contribution in [3.63, 3.8) is 0 Å². The van der Waals surface area contributed by atoms with Crippen LogP contribution in [0.1, 0.15) is 51.7 Å². The summed E-state index contributed by atoms with van der Waals surface area (Å²) in [6.07, 6.45) is 3.66. The van der Waals surface area contributed by atoms with Crippen molar-refractivity contribution in [1.82, 2.24) is 4.98 Å². The fraction of sp³-hybridized carbons (Fsp3) is 0.583. The van der Waals surface area contributed by atoms with Gasteiger partial charge in [-0.05, 0) is 22.5 Å². The second kappa shape index (κ2) is 3.90. The van der Waals surface area contributed by atoms with Crippen LogP contribution in [-0.2, 0) is 5.41 Å². The number of rotatable bonds is 1. The zero-order valence-electron chi connectivity index (χ0n) is 9.56. The van der Waals surface area contributed by atoms with Gasteiger partial charge in [0.2, 0.25) is 0 Å². The van der Waals surface area contributed by atoms with E-state index in [1.165, 1.54) is 11.1 Å². The van der Waals surface area contributed by atoms with Gasteiger partial charge in [-0.25, -0.2) is 0 Å². The minimum atomic E-state index is 0.0830. The monoisotopic (exact) mass is 211 g/mol. The molecular weight excluding hydrogens is 194 g/mol. The number of hydrogen-bond acceptors (Lipinski definition) is 1. The second-order valence-electron chi connectivity index (χ2n) is 4.99. The minimum Gasteiger partial charge on any atom is -0.263 e. The van der Waals surface area contributed by atoms with Crippen molar-refractivity contribution in [2.75, 3.05) is 0 Å². The molecule has 1 aromatic heterocycles. The van der Waals surface area contributed by atoms with E-state index in [4.69, 9.17) is 11.6 Å². The number of nitrogens with zero attached hydrogens (tertiary/aromatic N) is 1. The Hall–Kier alpha value is -0.560. The third kappa shape index (κ3) is 2.27. The van der Waals surface area contributed by atoms with E-state index in [0.29, 0.717) is 5.92 Å². The van der Waals surface area contributed by atoms with E-state index in [-0.39, 0.29) is 5.41 Å². The Balaban J connectivity index is 3.38. The zero-order valence-corrected chi connectivity index (χ0v) is 10.3. The fourth-order valence-corrected chi connectivity index (χ4v) is 2.13. The fourth-order valence-electron chi connectivity index (χ4n) is 1.68. The average molecular weight is 212 g/mol. The van der Waals surface area contributed by atoms with Crippen molar-refractivity contribution in [3.05, 3.63) is 28.5 Å². The first kappa shape index (κ1) is 11.5. The molecule has 1 nitrogen and oxygen atoms in total. The average Bonchev–Trinajstić information content (AvgIpc) is 2.01. The van der Waals surface area contributed by atoms with Crippen LogP contribution < -0.4 is 0 Å². The third-order valence-corrected chi connectivity index (χ3v) is 2.59. The van der Waals surface area contributed by atoms with Crippen LogP contribution in [-0.4, -0.2) is 4.98 Å². The maximum absolute atomic E-state index is 6.20. The summed E-state index contributed by atoms with van der Waals surface area (Å²) in [5.74, 6) is 0.468. The number of halogens is 1. The lowest BCUT2D eigenvalue weighted by Crippen LogP contribution is -2.16. The summed E-state index contributed by atoms with van der Waals surface area (Å²) in [7, 11) is 0. The Morgan fingerprint density at radius 1 is 1.21 bits per heavy atom. The van der Waals surface area contributed by atoms with Gasteiger partial charge < -0.3 is 0 Å². The summed E-state index contributed by atoms with van der Waals surface area (Å²) in [6.45, 7) is 10.9. The van der Waals surface area contributed by atoms with E-state index < -0.39 is 0 Å². The molecule has 1 heterocycles. The maximum atomic E-state index is 6.20. The Bertz CT molecular complexity index is 324. The molecule has 1 rings (SSSR count). The van der Waals surface area contributed by atoms with Crippen LogP contribution in [0.4, 0.5) is 0 Å². The van der Waals surface area contributed by atoms with Crippen molar-refractivity contribution in [2.45, 2.75) is 46.0 Å². The van der Waals surface area contributed by atoms with Crippen LogP contribution in [0.25, 0.3) is 0 Å². The molecule has 0 aliphatic rings. The Labute approximate surface area is 91.5 Å². The zero-order chi connectivity index (χ0) is 10.9. The maximum Gasteiger partial charge on any atom is 0.0629 e. The molecule has 0 saturated heterocycles. The molecule has 0 radical (unpaired) electrons. The quantitative estimate of drug-likeness (QED) is 0.680. The standard InChI is InChI=1S/C12H18ClN/c1-8(2)9-6-14-7-10(13)11(9)12(3,4)5/h6-8H,1-5H3. The molecule has 0 saturated carbocycles. The van der Waals surface area contributed by atoms with Crippen LogP contribution in [0, 0.1) is 0 Å². The molecule has 1 aromatic rings. The van der Waals surface area contributed by atoms with Gasteiger partial charge in [0.15, 0.2) is 0 Å². The van der Waals surface area contributed by atoms with Crippen LogP contribution in [0.3, 0.4) is 0 Å². The highest BCUT2D eigenvalue weighted by Crippen LogP contribution is 2.34. The Kier molecular flexibility index (Phi) is 3.20. The molecule has 0 fully saturated rings. The normalized spacial score (nSPS) is 12.2. The molecule has 0 aromatic carbocycles. The van der Waals surface area contributed by atoms with Gasteiger partial charge in [0.05, 0.1) is 5.02 Å². The van der Waals surface area contributed by atoms with Gasteiger partial charge in [-0.1, -0.05) is 46.2 Å². The predicted octanol–water partition coefficient (Wildman–Crippen LogP) is 4.16. The lowest BCUT2D eigenvalue weighted by molar-refractivity contribution is 0.576. The molecule has 0 unspecified atom stereocenters. The molecule has 14 heavy (non-hydrogen) atoms. The van der Waals surface area contributed by atoms with Crippen molar-refractivity contribution in [3.8, 4) is 0 Å².